The Morgan fingerprint density at radius 1 is 1.11 bits per heavy atom. The largest absolute Gasteiger partial charge is 0.494 e. The minimum Gasteiger partial charge on any atom is -0.494 e. The lowest BCUT2D eigenvalue weighted by molar-refractivity contribution is -0.121. The molecule has 3 rings (SSSR count). The number of hydrazine groups is 1. The summed E-state index contributed by atoms with van der Waals surface area (Å²) in [5.41, 5.74) is 6.63. The third-order valence-corrected chi connectivity index (χ3v) is 4.99. The van der Waals surface area contributed by atoms with Crippen molar-refractivity contribution in [1.82, 2.24) is 15.8 Å². The summed E-state index contributed by atoms with van der Waals surface area (Å²) in [6.45, 7) is 2.44. The van der Waals surface area contributed by atoms with E-state index in [9.17, 15) is 9.59 Å². The van der Waals surface area contributed by atoms with E-state index >= 15 is 0 Å². The molecule has 28 heavy (non-hydrogen) atoms. The van der Waals surface area contributed by atoms with Crippen LogP contribution in [0.3, 0.4) is 0 Å². The van der Waals surface area contributed by atoms with Crippen LogP contribution in [0.25, 0.3) is 10.6 Å². The maximum absolute atomic E-state index is 12.1. The van der Waals surface area contributed by atoms with Gasteiger partial charge in [0, 0.05) is 16.5 Å². The van der Waals surface area contributed by atoms with E-state index in [-0.39, 0.29) is 12.3 Å². The van der Waals surface area contributed by atoms with Crippen molar-refractivity contribution in [2.75, 3.05) is 6.61 Å². The molecule has 2 N–H and O–H groups in total. The van der Waals surface area contributed by atoms with Crippen LogP contribution in [0.2, 0.25) is 5.02 Å². The lowest BCUT2D eigenvalue weighted by Crippen LogP contribution is -2.42. The number of halogens is 1. The first-order valence-electron chi connectivity index (χ1n) is 8.58. The zero-order valence-electron chi connectivity index (χ0n) is 15.1. The Balaban J connectivity index is 1.53. The van der Waals surface area contributed by atoms with Crippen molar-refractivity contribution in [3.63, 3.8) is 0 Å². The molecule has 6 nitrogen and oxygen atoms in total. The first kappa shape index (κ1) is 19.9. The van der Waals surface area contributed by atoms with Crippen LogP contribution in [-0.4, -0.2) is 23.4 Å². The van der Waals surface area contributed by atoms with Gasteiger partial charge < -0.3 is 4.74 Å². The number of rotatable bonds is 6. The molecule has 0 spiro atoms. The van der Waals surface area contributed by atoms with Gasteiger partial charge in [0.25, 0.3) is 5.91 Å². The zero-order chi connectivity index (χ0) is 19.9. The Morgan fingerprint density at radius 2 is 1.86 bits per heavy atom. The van der Waals surface area contributed by atoms with Crippen LogP contribution in [-0.2, 0) is 11.2 Å². The van der Waals surface area contributed by atoms with Crippen molar-refractivity contribution < 1.29 is 14.3 Å². The van der Waals surface area contributed by atoms with E-state index < -0.39 is 5.91 Å². The molecule has 2 aromatic carbocycles. The Bertz CT molecular complexity index is 973. The van der Waals surface area contributed by atoms with Gasteiger partial charge >= 0.3 is 0 Å². The van der Waals surface area contributed by atoms with Crippen molar-refractivity contribution in [2.24, 2.45) is 0 Å². The van der Waals surface area contributed by atoms with E-state index in [1.807, 2.05) is 25.1 Å². The summed E-state index contributed by atoms with van der Waals surface area (Å²) < 4.78 is 5.33. The summed E-state index contributed by atoms with van der Waals surface area (Å²) in [6, 6.07) is 14.1. The van der Waals surface area contributed by atoms with Gasteiger partial charge in [-0.1, -0.05) is 29.8 Å². The Kier molecular flexibility index (Phi) is 6.62. The summed E-state index contributed by atoms with van der Waals surface area (Å²) in [4.78, 5) is 28.6. The Morgan fingerprint density at radius 3 is 2.57 bits per heavy atom. The molecule has 0 saturated heterocycles. The van der Waals surface area contributed by atoms with E-state index in [0.29, 0.717) is 28.6 Å². The molecule has 0 radical (unpaired) electrons. The summed E-state index contributed by atoms with van der Waals surface area (Å²) in [5.74, 6) is -0.0948. The van der Waals surface area contributed by atoms with Gasteiger partial charge in [-0.2, -0.15) is 0 Å². The van der Waals surface area contributed by atoms with Crippen molar-refractivity contribution in [3.8, 4) is 16.3 Å². The average molecular weight is 416 g/mol. The minimum absolute atomic E-state index is 0.0461. The van der Waals surface area contributed by atoms with Gasteiger partial charge in [0.05, 0.1) is 23.7 Å². The number of carbonyl (C=O) groups excluding carboxylic acids is 2. The Labute approximate surface area is 171 Å². The first-order valence-corrected chi connectivity index (χ1v) is 9.84. The predicted molar refractivity (Wildman–Crippen MR) is 109 cm³/mol. The lowest BCUT2D eigenvalue weighted by atomic mass is 10.2. The number of amides is 2. The van der Waals surface area contributed by atoms with Gasteiger partial charge in [-0.25, -0.2) is 4.98 Å². The Hall–Kier alpha value is -2.90. The smallest absolute Gasteiger partial charge is 0.269 e. The number of thiazole rings is 1. The predicted octanol–water partition coefficient (Wildman–Crippen LogP) is 3.87. The van der Waals surface area contributed by atoms with Crippen LogP contribution in [0.5, 0.6) is 5.75 Å². The molecule has 0 aliphatic carbocycles. The molecule has 1 heterocycles. The summed E-state index contributed by atoms with van der Waals surface area (Å²) in [5, 5.41) is 3.15. The van der Waals surface area contributed by atoms with E-state index in [4.69, 9.17) is 16.3 Å². The van der Waals surface area contributed by atoms with Crippen LogP contribution in [0.1, 0.15) is 23.0 Å². The van der Waals surface area contributed by atoms with Crippen LogP contribution in [0.4, 0.5) is 0 Å². The summed E-state index contributed by atoms with van der Waals surface area (Å²) in [6.07, 6.45) is 0.0461. The van der Waals surface area contributed by atoms with Crippen molar-refractivity contribution in [2.45, 2.75) is 13.3 Å². The van der Waals surface area contributed by atoms with Crippen molar-refractivity contribution in [3.05, 3.63) is 70.2 Å². The molecule has 0 fully saturated rings. The molecule has 0 atom stereocenters. The lowest BCUT2D eigenvalue weighted by Gasteiger charge is -2.07. The van der Waals surface area contributed by atoms with Crippen molar-refractivity contribution in [1.29, 1.82) is 0 Å². The molecule has 0 aliphatic rings. The SMILES string of the molecule is CCOc1ccc(C(=O)NNC(=O)Cc2csc(-c3ccccc3Cl)n2)cc1. The third-order valence-electron chi connectivity index (χ3n) is 3.74. The second-order valence-electron chi connectivity index (χ2n) is 5.76. The standard InChI is InChI=1S/C20H18ClN3O3S/c1-2-27-15-9-7-13(8-10-15)19(26)24-23-18(25)11-14-12-28-20(22-14)16-5-3-4-6-17(16)21/h3-10,12H,2,11H2,1H3,(H,23,25)(H,24,26). The molecule has 0 bridgehead atoms. The highest BCUT2D eigenvalue weighted by Crippen LogP contribution is 2.30. The topological polar surface area (TPSA) is 80.3 Å². The molecular formula is C20H18ClN3O3S. The number of ether oxygens (including phenoxy) is 1. The normalized spacial score (nSPS) is 10.4. The quantitative estimate of drug-likeness (QED) is 0.599. The molecular weight excluding hydrogens is 398 g/mol. The van der Waals surface area contributed by atoms with Crippen molar-refractivity contribution >= 4 is 34.8 Å². The highest BCUT2D eigenvalue weighted by molar-refractivity contribution is 7.13. The molecule has 3 aromatic rings. The van der Waals surface area contributed by atoms with E-state index in [2.05, 4.69) is 15.8 Å². The monoisotopic (exact) mass is 415 g/mol. The fourth-order valence-corrected chi connectivity index (χ4v) is 3.56. The fourth-order valence-electron chi connectivity index (χ4n) is 2.42. The van der Waals surface area contributed by atoms with Gasteiger partial charge in [0.2, 0.25) is 5.91 Å². The van der Waals surface area contributed by atoms with E-state index in [1.165, 1.54) is 11.3 Å². The molecule has 144 valence electrons. The maximum Gasteiger partial charge on any atom is 0.269 e. The zero-order valence-corrected chi connectivity index (χ0v) is 16.6. The van der Waals surface area contributed by atoms with Crippen LogP contribution in [0, 0.1) is 0 Å². The van der Waals surface area contributed by atoms with Crippen LogP contribution < -0.4 is 15.6 Å². The van der Waals surface area contributed by atoms with Crippen LogP contribution >= 0.6 is 22.9 Å². The molecule has 0 aliphatic heterocycles. The van der Waals surface area contributed by atoms with Gasteiger partial charge in [-0.3, -0.25) is 20.4 Å². The second kappa shape index (κ2) is 9.34. The molecule has 0 saturated carbocycles. The summed E-state index contributed by atoms with van der Waals surface area (Å²) >= 11 is 7.59. The van der Waals surface area contributed by atoms with Gasteiger partial charge in [0.1, 0.15) is 10.8 Å². The number of carbonyl (C=O) groups is 2. The second-order valence-corrected chi connectivity index (χ2v) is 7.03. The minimum atomic E-state index is -0.411. The molecule has 2 amide bonds. The fraction of sp³-hybridized carbons (Fsp3) is 0.150. The number of hydrogen-bond donors (Lipinski definition) is 2. The first-order chi connectivity index (χ1) is 13.6. The number of benzene rings is 2. The van der Waals surface area contributed by atoms with Crippen LogP contribution in [0.15, 0.2) is 53.9 Å². The van der Waals surface area contributed by atoms with E-state index in [1.54, 1.807) is 35.7 Å². The van der Waals surface area contributed by atoms with Gasteiger partial charge in [-0.15, -0.1) is 11.3 Å². The highest BCUT2D eigenvalue weighted by atomic mass is 35.5. The molecule has 0 unspecified atom stereocenters. The van der Waals surface area contributed by atoms with Gasteiger partial charge in [-0.05, 0) is 37.3 Å². The molecule has 8 heteroatoms. The van der Waals surface area contributed by atoms with Gasteiger partial charge in [0.15, 0.2) is 0 Å². The summed E-state index contributed by atoms with van der Waals surface area (Å²) in [7, 11) is 0. The maximum atomic E-state index is 12.1. The van der Waals surface area contributed by atoms with E-state index in [0.717, 1.165) is 10.6 Å². The molecule has 1 aromatic heterocycles. The highest BCUT2D eigenvalue weighted by Gasteiger charge is 2.12. The number of nitrogens with zero attached hydrogens (tertiary/aromatic N) is 1. The number of hydrogen-bond acceptors (Lipinski definition) is 5. The average Bonchev–Trinajstić information content (AvgIpc) is 3.15. The third kappa shape index (κ3) is 5.09. The number of aromatic nitrogens is 1. The number of nitrogens with one attached hydrogen (secondary N) is 2.